The Kier molecular flexibility index (Phi) is 4.53. The number of carbonyl (C=O) groups is 1. The zero-order valence-electron chi connectivity index (χ0n) is 12.1. The molecule has 0 spiro atoms. The maximum atomic E-state index is 12.4. The quantitative estimate of drug-likeness (QED) is 0.898. The molecule has 3 N–H and O–H groups in total. The molecule has 0 saturated heterocycles. The van der Waals surface area contributed by atoms with Crippen molar-refractivity contribution < 1.29 is 18.3 Å². The summed E-state index contributed by atoms with van der Waals surface area (Å²) in [5.74, 6) is -0.694. The van der Waals surface area contributed by atoms with Gasteiger partial charge in [-0.15, -0.1) is 11.3 Å². The van der Waals surface area contributed by atoms with Crippen molar-refractivity contribution in [3.8, 4) is 5.75 Å². The lowest BCUT2D eigenvalue weighted by Crippen LogP contribution is -2.27. The maximum Gasteiger partial charge on any atom is 0.387 e. The van der Waals surface area contributed by atoms with E-state index in [4.69, 9.17) is 5.73 Å². The fraction of sp³-hybridized carbons (Fsp3) is 0.333. The molecule has 0 aliphatic heterocycles. The predicted molar refractivity (Wildman–Crippen MR) is 83.1 cm³/mol. The third-order valence-corrected chi connectivity index (χ3v) is 4.58. The Bertz CT molecular complexity index is 720. The van der Waals surface area contributed by atoms with Crippen molar-refractivity contribution in [3.63, 3.8) is 0 Å². The Hall–Kier alpha value is -2.06. The summed E-state index contributed by atoms with van der Waals surface area (Å²) in [6, 6.07) is 5.98. The molecule has 0 radical (unpaired) electrons. The SMILES string of the molecule is N[C@H]1CCc2nc(NC(=O)c3ccccc3OC(F)F)sc2C1. The zero-order chi connectivity index (χ0) is 16.4. The molecule has 1 aromatic heterocycles. The highest BCUT2D eigenvalue weighted by Crippen LogP contribution is 2.30. The van der Waals surface area contributed by atoms with E-state index in [1.54, 1.807) is 6.07 Å². The van der Waals surface area contributed by atoms with Crippen LogP contribution in [-0.4, -0.2) is 23.5 Å². The summed E-state index contributed by atoms with van der Waals surface area (Å²) in [7, 11) is 0. The number of rotatable bonds is 4. The number of amides is 1. The van der Waals surface area contributed by atoms with E-state index >= 15 is 0 Å². The van der Waals surface area contributed by atoms with Gasteiger partial charge < -0.3 is 10.5 Å². The van der Waals surface area contributed by atoms with E-state index < -0.39 is 12.5 Å². The standard InChI is InChI=1S/C15H15F2N3O2S/c16-14(17)22-11-4-2-1-3-9(11)13(21)20-15-19-10-6-5-8(18)7-12(10)23-15/h1-4,8,14H,5-7,18H2,(H,19,20,21)/t8-/m0/s1. The minimum absolute atomic E-state index is 0.0395. The number of hydrogen-bond donors (Lipinski definition) is 2. The van der Waals surface area contributed by atoms with Crippen LogP contribution in [-0.2, 0) is 12.8 Å². The number of benzene rings is 1. The molecular weight excluding hydrogens is 324 g/mol. The van der Waals surface area contributed by atoms with Crippen LogP contribution < -0.4 is 15.8 Å². The Morgan fingerprint density at radius 2 is 2.22 bits per heavy atom. The van der Waals surface area contributed by atoms with E-state index in [2.05, 4.69) is 15.0 Å². The third kappa shape index (κ3) is 3.65. The summed E-state index contributed by atoms with van der Waals surface area (Å²) in [5, 5.41) is 3.09. The van der Waals surface area contributed by atoms with Crippen LogP contribution in [0.5, 0.6) is 5.75 Å². The van der Waals surface area contributed by atoms with E-state index in [1.165, 1.54) is 29.5 Å². The van der Waals surface area contributed by atoms with Crippen LogP contribution in [0.2, 0.25) is 0 Å². The first-order valence-electron chi connectivity index (χ1n) is 7.12. The summed E-state index contributed by atoms with van der Waals surface area (Å²) in [5.41, 5.74) is 6.91. The Morgan fingerprint density at radius 1 is 1.43 bits per heavy atom. The monoisotopic (exact) mass is 339 g/mol. The van der Waals surface area contributed by atoms with Crippen LogP contribution in [0.1, 0.15) is 27.3 Å². The van der Waals surface area contributed by atoms with Gasteiger partial charge in [0.2, 0.25) is 0 Å². The van der Waals surface area contributed by atoms with Crippen LogP contribution in [0.4, 0.5) is 13.9 Å². The summed E-state index contributed by atoms with van der Waals surface area (Å²) >= 11 is 1.37. The first kappa shape index (κ1) is 15.8. The predicted octanol–water partition coefficient (Wildman–Crippen LogP) is 2.81. The molecule has 5 nitrogen and oxygen atoms in total. The molecule has 23 heavy (non-hydrogen) atoms. The van der Waals surface area contributed by atoms with Crippen LogP contribution >= 0.6 is 11.3 Å². The number of nitrogens with one attached hydrogen (secondary N) is 1. The normalized spacial score (nSPS) is 17.0. The molecule has 0 fully saturated rings. The number of thiazole rings is 1. The highest BCUT2D eigenvalue weighted by atomic mass is 32.1. The summed E-state index contributed by atoms with van der Waals surface area (Å²) < 4.78 is 29.2. The minimum Gasteiger partial charge on any atom is -0.434 e. The first-order chi connectivity index (χ1) is 11.0. The van der Waals surface area contributed by atoms with E-state index in [0.717, 1.165) is 29.8 Å². The summed E-state index contributed by atoms with van der Waals surface area (Å²) in [4.78, 5) is 17.7. The van der Waals surface area contributed by atoms with Crippen LogP contribution in [0.15, 0.2) is 24.3 Å². The lowest BCUT2D eigenvalue weighted by atomic mass is 9.99. The summed E-state index contributed by atoms with van der Waals surface area (Å²) in [6.07, 6.45) is 2.40. The van der Waals surface area contributed by atoms with Crippen molar-refractivity contribution in [1.29, 1.82) is 0 Å². The molecule has 1 atom stereocenters. The lowest BCUT2D eigenvalue weighted by Gasteiger charge is -2.15. The average molecular weight is 339 g/mol. The highest BCUT2D eigenvalue weighted by molar-refractivity contribution is 7.15. The topological polar surface area (TPSA) is 77.2 Å². The maximum absolute atomic E-state index is 12.4. The molecule has 0 unspecified atom stereocenters. The molecule has 122 valence electrons. The smallest absolute Gasteiger partial charge is 0.387 e. The molecule has 1 aliphatic rings. The Labute approximate surface area is 135 Å². The van der Waals surface area contributed by atoms with Gasteiger partial charge in [-0.1, -0.05) is 12.1 Å². The van der Waals surface area contributed by atoms with Gasteiger partial charge in [-0.05, 0) is 31.4 Å². The number of ether oxygens (including phenoxy) is 1. The number of alkyl halides is 2. The highest BCUT2D eigenvalue weighted by Gasteiger charge is 2.22. The van der Waals surface area contributed by atoms with E-state index in [9.17, 15) is 13.6 Å². The molecule has 8 heteroatoms. The van der Waals surface area contributed by atoms with E-state index in [1.807, 2.05) is 0 Å². The zero-order valence-corrected chi connectivity index (χ0v) is 12.9. The van der Waals surface area contributed by atoms with Gasteiger partial charge in [0.25, 0.3) is 5.91 Å². The van der Waals surface area contributed by atoms with Crippen LogP contribution in [0.25, 0.3) is 0 Å². The third-order valence-electron chi connectivity index (χ3n) is 3.55. The molecule has 0 saturated carbocycles. The number of hydrogen-bond acceptors (Lipinski definition) is 5. The lowest BCUT2D eigenvalue weighted by molar-refractivity contribution is -0.0501. The van der Waals surface area contributed by atoms with Gasteiger partial charge >= 0.3 is 6.61 Å². The summed E-state index contributed by atoms with van der Waals surface area (Å²) in [6.45, 7) is -2.99. The molecule has 3 rings (SSSR count). The van der Waals surface area contributed by atoms with E-state index in [0.29, 0.717) is 5.13 Å². The van der Waals surface area contributed by atoms with Gasteiger partial charge in [0.1, 0.15) is 5.75 Å². The van der Waals surface area contributed by atoms with Crippen LogP contribution in [0.3, 0.4) is 0 Å². The fourth-order valence-corrected chi connectivity index (χ4v) is 3.57. The van der Waals surface area contributed by atoms with Crippen molar-refractivity contribution in [1.82, 2.24) is 4.98 Å². The number of halogens is 2. The van der Waals surface area contributed by atoms with Crippen molar-refractivity contribution >= 4 is 22.4 Å². The molecule has 2 aromatic rings. The molecule has 0 bridgehead atoms. The molecule has 1 aromatic carbocycles. The molecule has 1 amide bonds. The van der Waals surface area contributed by atoms with E-state index in [-0.39, 0.29) is 17.4 Å². The molecular formula is C15H15F2N3O2S. The number of nitrogens with two attached hydrogens (primary N) is 1. The number of aryl methyl sites for hydroxylation is 1. The second-order valence-corrected chi connectivity index (χ2v) is 6.30. The van der Waals surface area contributed by atoms with Gasteiger partial charge in [0.05, 0.1) is 11.3 Å². The first-order valence-corrected chi connectivity index (χ1v) is 7.94. The van der Waals surface area contributed by atoms with Crippen molar-refractivity contribution in [3.05, 3.63) is 40.4 Å². The molecule has 1 aliphatic carbocycles. The van der Waals surface area contributed by atoms with Gasteiger partial charge in [-0.2, -0.15) is 8.78 Å². The van der Waals surface area contributed by atoms with Gasteiger partial charge in [-0.25, -0.2) is 4.98 Å². The number of para-hydroxylation sites is 1. The second kappa shape index (κ2) is 6.59. The number of carbonyl (C=O) groups excluding carboxylic acids is 1. The second-order valence-electron chi connectivity index (χ2n) is 5.22. The average Bonchev–Trinajstić information content (AvgIpc) is 2.88. The largest absolute Gasteiger partial charge is 0.434 e. The van der Waals surface area contributed by atoms with Crippen LogP contribution in [0, 0.1) is 0 Å². The fourth-order valence-electron chi connectivity index (χ4n) is 2.47. The minimum atomic E-state index is -2.99. The van der Waals surface area contributed by atoms with Gasteiger partial charge in [0, 0.05) is 10.9 Å². The van der Waals surface area contributed by atoms with Crippen molar-refractivity contribution in [2.75, 3.05) is 5.32 Å². The number of fused-ring (bicyclic) bond motifs is 1. The Balaban J connectivity index is 1.77. The molecule has 1 heterocycles. The Morgan fingerprint density at radius 3 is 3.00 bits per heavy atom. The van der Waals surface area contributed by atoms with Gasteiger partial charge in [-0.3, -0.25) is 10.1 Å². The number of nitrogens with zero attached hydrogens (tertiary/aromatic N) is 1. The van der Waals surface area contributed by atoms with Gasteiger partial charge in [0.15, 0.2) is 5.13 Å². The number of anilines is 1. The van der Waals surface area contributed by atoms with Crippen molar-refractivity contribution in [2.45, 2.75) is 31.9 Å². The van der Waals surface area contributed by atoms with Crippen molar-refractivity contribution in [2.24, 2.45) is 5.73 Å². The number of aromatic nitrogens is 1.